The van der Waals surface area contributed by atoms with Gasteiger partial charge in [-0.05, 0) is 30.7 Å². The fourth-order valence-electron chi connectivity index (χ4n) is 3.14. The SMILES string of the molecule is Cc1cc(C(F)F)n(CC(=O)N2CCN(Cc3ccc(F)cc3Cl)CC2)n1. The zero-order chi connectivity index (χ0) is 19.6. The van der Waals surface area contributed by atoms with Gasteiger partial charge in [0.05, 0.1) is 5.69 Å². The summed E-state index contributed by atoms with van der Waals surface area (Å²) in [6.45, 7) is 4.21. The Bertz CT molecular complexity index is 819. The van der Waals surface area contributed by atoms with E-state index >= 15 is 0 Å². The van der Waals surface area contributed by atoms with E-state index in [0.717, 1.165) is 10.2 Å². The van der Waals surface area contributed by atoms with Crippen LogP contribution in [0, 0.1) is 12.7 Å². The first-order chi connectivity index (χ1) is 12.8. The molecule has 1 aliphatic heterocycles. The van der Waals surface area contributed by atoms with E-state index in [4.69, 9.17) is 11.6 Å². The fraction of sp³-hybridized carbons (Fsp3) is 0.444. The molecule has 9 heteroatoms. The maximum absolute atomic E-state index is 13.1. The molecular weight excluding hydrogens is 381 g/mol. The first kappa shape index (κ1) is 19.7. The molecule has 0 saturated carbocycles. The molecule has 0 bridgehead atoms. The summed E-state index contributed by atoms with van der Waals surface area (Å²) in [5, 5.41) is 4.36. The second kappa shape index (κ2) is 8.31. The van der Waals surface area contributed by atoms with Crippen LogP contribution in [-0.4, -0.2) is 51.7 Å². The van der Waals surface area contributed by atoms with Crippen LogP contribution in [0.4, 0.5) is 13.2 Å². The van der Waals surface area contributed by atoms with Gasteiger partial charge in [0.2, 0.25) is 5.91 Å². The highest BCUT2D eigenvalue weighted by molar-refractivity contribution is 6.31. The maximum atomic E-state index is 13.1. The molecule has 1 aliphatic rings. The molecule has 3 rings (SSSR count). The van der Waals surface area contributed by atoms with Crippen molar-refractivity contribution >= 4 is 17.5 Å². The van der Waals surface area contributed by atoms with Crippen LogP contribution in [0.2, 0.25) is 5.02 Å². The number of aryl methyl sites for hydroxylation is 1. The van der Waals surface area contributed by atoms with E-state index in [-0.39, 0.29) is 24.0 Å². The monoisotopic (exact) mass is 400 g/mol. The van der Waals surface area contributed by atoms with Crippen LogP contribution in [0.3, 0.4) is 0 Å². The Morgan fingerprint density at radius 3 is 2.56 bits per heavy atom. The second-order valence-electron chi connectivity index (χ2n) is 6.56. The van der Waals surface area contributed by atoms with Crippen LogP contribution in [-0.2, 0) is 17.9 Å². The summed E-state index contributed by atoms with van der Waals surface area (Å²) in [6, 6.07) is 5.60. The van der Waals surface area contributed by atoms with Crippen LogP contribution in [0.25, 0.3) is 0 Å². The van der Waals surface area contributed by atoms with Gasteiger partial charge in [-0.3, -0.25) is 14.4 Å². The number of carbonyl (C=O) groups excluding carboxylic acids is 1. The first-order valence-corrected chi connectivity index (χ1v) is 8.98. The number of carbonyl (C=O) groups is 1. The summed E-state index contributed by atoms with van der Waals surface area (Å²) in [7, 11) is 0. The first-order valence-electron chi connectivity index (χ1n) is 8.60. The Morgan fingerprint density at radius 1 is 1.22 bits per heavy atom. The Hall–Kier alpha value is -2.06. The van der Waals surface area contributed by atoms with Gasteiger partial charge >= 0.3 is 0 Å². The summed E-state index contributed by atoms with van der Waals surface area (Å²) >= 11 is 6.06. The maximum Gasteiger partial charge on any atom is 0.280 e. The Morgan fingerprint density at radius 2 is 1.93 bits per heavy atom. The summed E-state index contributed by atoms with van der Waals surface area (Å²) in [5.41, 5.74) is 1.04. The summed E-state index contributed by atoms with van der Waals surface area (Å²) in [4.78, 5) is 16.2. The lowest BCUT2D eigenvalue weighted by Gasteiger charge is -2.35. The number of nitrogens with zero attached hydrogens (tertiary/aromatic N) is 4. The molecule has 0 radical (unpaired) electrons. The predicted molar refractivity (Wildman–Crippen MR) is 95.2 cm³/mol. The average Bonchev–Trinajstić information content (AvgIpc) is 2.98. The van der Waals surface area contributed by atoms with Crippen LogP contribution in [0.15, 0.2) is 24.3 Å². The number of halogens is 4. The van der Waals surface area contributed by atoms with Gasteiger partial charge < -0.3 is 4.90 Å². The van der Waals surface area contributed by atoms with Gasteiger partial charge in [0.25, 0.3) is 6.43 Å². The van der Waals surface area contributed by atoms with Gasteiger partial charge in [0.15, 0.2) is 0 Å². The lowest BCUT2D eigenvalue weighted by molar-refractivity contribution is -0.134. The standard InChI is InChI=1S/C18H20ClF3N4O/c1-12-8-16(18(21)22)26(23-12)11-17(27)25-6-4-24(5-7-25)10-13-2-3-14(20)9-15(13)19/h2-3,8-9,18H,4-7,10-11H2,1H3. The molecule has 1 fully saturated rings. The average molecular weight is 401 g/mol. The van der Waals surface area contributed by atoms with Crippen LogP contribution in [0.1, 0.15) is 23.4 Å². The van der Waals surface area contributed by atoms with Crippen molar-refractivity contribution in [1.82, 2.24) is 19.6 Å². The third-order valence-corrected chi connectivity index (χ3v) is 4.93. The number of benzene rings is 1. The number of amides is 1. The molecule has 146 valence electrons. The second-order valence-corrected chi connectivity index (χ2v) is 6.97. The molecular formula is C18H20ClF3N4O. The van der Waals surface area contributed by atoms with E-state index in [1.54, 1.807) is 17.9 Å². The zero-order valence-corrected chi connectivity index (χ0v) is 15.6. The summed E-state index contributed by atoms with van der Waals surface area (Å²) in [5.74, 6) is -0.615. The molecule has 0 spiro atoms. The topological polar surface area (TPSA) is 41.4 Å². The number of piperazine rings is 1. The Labute approximate surface area is 160 Å². The molecule has 2 aromatic rings. The molecule has 0 aliphatic carbocycles. The highest BCUT2D eigenvalue weighted by atomic mass is 35.5. The number of hydrogen-bond donors (Lipinski definition) is 0. The minimum Gasteiger partial charge on any atom is -0.339 e. The van der Waals surface area contributed by atoms with Gasteiger partial charge in [-0.2, -0.15) is 5.10 Å². The van der Waals surface area contributed by atoms with Crippen molar-refractivity contribution in [3.63, 3.8) is 0 Å². The van der Waals surface area contributed by atoms with Crippen molar-refractivity contribution in [1.29, 1.82) is 0 Å². The number of hydrogen-bond acceptors (Lipinski definition) is 3. The Balaban J connectivity index is 1.55. The van der Waals surface area contributed by atoms with Crippen molar-refractivity contribution in [2.45, 2.75) is 26.4 Å². The van der Waals surface area contributed by atoms with Crippen molar-refractivity contribution < 1.29 is 18.0 Å². The van der Waals surface area contributed by atoms with Gasteiger partial charge in [-0.25, -0.2) is 13.2 Å². The molecule has 27 heavy (non-hydrogen) atoms. The minimum absolute atomic E-state index is 0.197. The van der Waals surface area contributed by atoms with Gasteiger partial charge in [0, 0.05) is 37.7 Å². The molecule has 5 nitrogen and oxygen atoms in total. The Kier molecular flexibility index (Phi) is 6.06. The molecule has 1 aromatic heterocycles. The highest BCUT2D eigenvalue weighted by Gasteiger charge is 2.24. The van der Waals surface area contributed by atoms with Crippen molar-refractivity contribution in [3.05, 3.63) is 52.1 Å². The van der Waals surface area contributed by atoms with Crippen molar-refractivity contribution in [2.24, 2.45) is 0 Å². The van der Waals surface area contributed by atoms with Crippen molar-refractivity contribution in [2.75, 3.05) is 26.2 Å². The van der Waals surface area contributed by atoms with E-state index in [1.165, 1.54) is 18.2 Å². The molecule has 2 heterocycles. The van der Waals surface area contributed by atoms with E-state index < -0.39 is 6.43 Å². The summed E-state index contributed by atoms with van der Waals surface area (Å²) in [6.07, 6.45) is -2.67. The highest BCUT2D eigenvalue weighted by Crippen LogP contribution is 2.21. The van der Waals surface area contributed by atoms with Gasteiger partial charge in [-0.1, -0.05) is 17.7 Å². The third-order valence-electron chi connectivity index (χ3n) is 4.58. The largest absolute Gasteiger partial charge is 0.339 e. The van der Waals surface area contributed by atoms with Crippen LogP contribution >= 0.6 is 11.6 Å². The van der Waals surface area contributed by atoms with E-state index in [1.807, 2.05) is 0 Å². The molecule has 1 amide bonds. The molecule has 0 atom stereocenters. The van der Waals surface area contributed by atoms with Gasteiger partial charge in [0.1, 0.15) is 18.1 Å². The fourth-order valence-corrected chi connectivity index (χ4v) is 3.37. The number of alkyl halides is 2. The molecule has 0 N–H and O–H groups in total. The van der Waals surface area contributed by atoms with E-state index in [9.17, 15) is 18.0 Å². The number of rotatable bonds is 5. The third kappa shape index (κ3) is 4.81. The minimum atomic E-state index is -2.67. The molecule has 1 saturated heterocycles. The molecule has 0 unspecified atom stereocenters. The zero-order valence-electron chi connectivity index (χ0n) is 14.8. The smallest absolute Gasteiger partial charge is 0.280 e. The van der Waals surface area contributed by atoms with E-state index in [2.05, 4.69) is 10.00 Å². The van der Waals surface area contributed by atoms with Gasteiger partial charge in [-0.15, -0.1) is 0 Å². The summed E-state index contributed by atoms with van der Waals surface area (Å²) < 4.78 is 40.3. The predicted octanol–water partition coefficient (Wildman–Crippen LogP) is 3.27. The number of aromatic nitrogens is 2. The normalized spacial score (nSPS) is 15.6. The lowest BCUT2D eigenvalue weighted by atomic mass is 10.2. The lowest BCUT2D eigenvalue weighted by Crippen LogP contribution is -2.49. The molecule has 1 aromatic carbocycles. The van der Waals surface area contributed by atoms with Crippen LogP contribution in [0.5, 0.6) is 0 Å². The van der Waals surface area contributed by atoms with Crippen LogP contribution < -0.4 is 0 Å². The van der Waals surface area contributed by atoms with Crippen molar-refractivity contribution in [3.8, 4) is 0 Å². The quantitative estimate of drug-likeness (QED) is 0.773. The van der Waals surface area contributed by atoms with E-state index in [0.29, 0.717) is 43.4 Å².